The van der Waals surface area contributed by atoms with Gasteiger partial charge in [0.2, 0.25) is 5.91 Å². The highest BCUT2D eigenvalue weighted by Crippen LogP contribution is 2.53. The standard InChI is InChI=1S/C28H38N2O3/c31-27(19-2-3-19)29-22-6-10-24(11-7-22)33-23-8-4-20(5-9-23)28(32)30-26-12-1-17-13-18-15-21(14-17)25(26)16-18/h4-5,8-9,17-19,21-22,24-26H,1-3,6-7,10-16H2,(H,29,31)(H,30,32)/t17?,18?,21?,22-,24+,25?,26?. The van der Waals surface area contributed by atoms with Crippen LogP contribution in [0.3, 0.4) is 0 Å². The van der Waals surface area contributed by atoms with E-state index >= 15 is 0 Å². The molecular weight excluding hydrogens is 412 g/mol. The fourth-order valence-corrected chi connectivity index (χ4v) is 7.39. The van der Waals surface area contributed by atoms with E-state index in [1.54, 1.807) is 0 Å². The van der Waals surface area contributed by atoms with Gasteiger partial charge in [-0.2, -0.15) is 0 Å². The molecule has 5 unspecified atom stereocenters. The summed E-state index contributed by atoms with van der Waals surface area (Å²) in [5.41, 5.74) is 0.734. The van der Waals surface area contributed by atoms with Gasteiger partial charge in [0.1, 0.15) is 5.75 Å². The third-order valence-electron chi connectivity index (χ3n) is 9.26. The Hall–Kier alpha value is -2.04. The van der Waals surface area contributed by atoms with Gasteiger partial charge in [0.15, 0.2) is 0 Å². The molecule has 0 saturated heterocycles. The monoisotopic (exact) mass is 450 g/mol. The maximum absolute atomic E-state index is 13.0. The molecule has 33 heavy (non-hydrogen) atoms. The Morgan fingerprint density at radius 1 is 0.758 bits per heavy atom. The zero-order valence-electron chi connectivity index (χ0n) is 19.6. The summed E-state index contributed by atoms with van der Waals surface area (Å²) in [6.45, 7) is 0. The number of amides is 2. The zero-order valence-corrected chi connectivity index (χ0v) is 19.6. The van der Waals surface area contributed by atoms with Crippen molar-refractivity contribution >= 4 is 11.8 Å². The van der Waals surface area contributed by atoms with Crippen molar-refractivity contribution in [3.63, 3.8) is 0 Å². The highest BCUT2D eigenvalue weighted by atomic mass is 16.5. The SMILES string of the molecule is O=C(NC1CCC2CC3CC(C2)C1C3)c1ccc(O[C@H]2CC[C@@H](NC(=O)C3CC3)CC2)cc1. The van der Waals surface area contributed by atoms with Gasteiger partial charge in [-0.05, 0) is 125 Å². The minimum Gasteiger partial charge on any atom is -0.490 e. The molecule has 5 saturated carbocycles. The van der Waals surface area contributed by atoms with E-state index in [2.05, 4.69) is 10.6 Å². The molecule has 3 bridgehead atoms. The van der Waals surface area contributed by atoms with E-state index in [0.717, 1.165) is 74.0 Å². The molecule has 178 valence electrons. The van der Waals surface area contributed by atoms with E-state index in [0.29, 0.717) is 18.0 Å². The van der Waals surface area contributed by atoms with Crippen LogP contribution in [0.1, 0.15) is 87.4 Å². The van der Waals surface area contributed by atoms with Gasteiger partial charge in [-0.1, -0.05) is 0 Å². The first-order valence-corrected chi connectivity index (χ1v) is 13.5. The van der Waals surface area contributed by atoms with Gasteiger partial charge in [0.25, 0.3) is 5.91 Å². The van der Waals surface area contributed by atoms with Crippen LogP contribution < -0.4 is 15.4 Å². The second-order valence-electron chi connectivity index (χ2n) is 11.7. The Kier molecular flexibility index (Phi) is 5.83. The van der Waals surface area contributed by atoms with E-state index < -0.39 is 0 Å². The van der Waals surface area contributed by atoms with Crippen molar-refractivity contribution in [2.24, 2.45) is 29.6 Å². The van der Waals surface area contributed by atoms with Crippen LogP contribution in [-0.2, 0) is 4.79 Å². The fourth-order valence-electron chi connectivity index (χ4n) is 7.39. The average Bonchev–Trinajstić information content (AvgIpc) is 3.63. The molecule has 5 heteroatoms. The molecule has 2 N–H and O–H groups in total. The van der Waals surface area contributed by atoms with Gasteiger partial charge in [0, 0.05) is 23.6 Å². The third-order valence-corrected chi connectivity index (χ3v) is 9.26. The van der Waals surface area contributed by atoms with Gasteiger partial charge >= 0.3 is 0 Å². The lowest BCUT2D eigenvalue weighted by Gasteiger charge is -2.29. The van der Waals surface area contributed by atoms with Crippen LogP contribution in [0.5, 0.6) is 5.75 Å². The zero-order chi connectivity index (χ0) is 22.4. The Bertz CT molecular complexity index is 872. The fraction of sp³-hybridized carbons (Fsp3) is 0.714. The average molecular weight is 451 g/mol. The lowest BCUT2D eigenvalue weighted by Crippen LogP contribution is -2.41. The van der Waals surface area contributed by atoms with Gasteiger partial charge in [-0.15, -0.1) is 0 Å². The summed E-state index contributed by atoms with van der Waals surface area (Å²) in [6, 6.07) is 8.36. The maximum Gasteiger partial charge on any atom is 0.251 e. The van der Waals surface area contributed by atoms with E-state index in [1.165, 1.54) is 32.1 Å². The minimum absolute atomic E-state index is 0.0692. The summed E-state index contributed by atoms with van der Waals surface area (Å²) < 4.78 is 6.20. The van der Waals surface area contributed by atoms with Crippen LogP contribution in [0.15, 0.2) is 24.3 Å². The summed E-state index contributed by atoms with van der Waals surface area (Å²) in [5, 5.41) is 6.61. The van der Waals surface area contributed by atoms with Crippen molar-refractivity contribution in [1.82, 2.24) is 10.6 Å². The van der Waals surface area contributed by atoms with Crippen LogP contribution in [0.4, 0.5) is 0 Å². The first kappa shape index (κ1) is 21.5. The quantitative estimate of drug-likeness (QED) is 0.651. The Morgan fingerprint density at radius 3 is 2.27 bits per heavy atom. The van der Waals surface area contributed by atoms with Crippen LogP contribution in [0.25, 0.3) is 0 Å². The highest BCUT2D eigenvalue weighted by molar-refractivity contribution is 5.94. The van der Waals surface area contributed by atoms with Crippen molar-refractivity contribution in [2.75, 3.05) is 0 Å². The van der Waals surface area contributed by atoms with Crippen molar-refractivity contribution in [3.8, 4) is 5.75 Å². The maximum atomic E-state index is 13.0. The molecule has 2 amide bonds. The molecule has 1 aromatic rings. The van der Waals surface area contributed by atoms with Crippen molar-refractivity contribution < 1.29 is 14.3 Å². The number of rotatable bonds is 6. The normalized spacial score (nSPS) is 37.3. The number of hydrogen-bond acceptors (Lipinski definition) is 3. The summed E-state index contributed by atoms with van der Waals surface area (Å²) in [4.78, 5) is 25.0. The van der Waals surface area contributed by atoms with Crippen LogP contribution in [0.2, 0.25) is 0 Å². The van der Waals surface area contributed by atoms with E-state index in [4.69, 9.17) is 4.74 Å². The molecular formula is C28H38N2O3. The number of benzene rings is 1. The van der Waals surface area contributed by atoms with Crippen molar-refractivity contribution in [1.29, 1.82) is 0 Å². The predicted molar refractivity (Wildman–Crippen MR) is 127 cm³/mol. The Labute approximate surface area is 197 Å². The number of fused-ring (bicyclic) bond motifs is 2. The van der Waals surface area contributed by atoms with E-state index in [9.17, 15) is 9.59 Å². The lowest BCUT2D eigenvalue weighted by atomic mass is 9.80. The molecule has 0 heterocycles. The minimum atomic E-state index is 0.0692. The van der Waals surface area contributed by atoms with Crippen molar-refractivity contribution in [3.05, 3.63) is 29.8 Å². The second-order valence-corrected chi connectivity index (χ2v) is 11.7. The number of carbonyl (C=O) groups is 2. The molecule has 6 rings (SSSR count). The topological polar surface area (TPSA) is 67.4 Å². The third kappa shape index (κ3) is 4.79. The lowest BCUT2D eigenvalue weighted by molar-refractivity contribution is -0.123. The second kappa shape index (κ2) is 8.96. The molecule has 0 radical (unpaired) electrons. The van der Waals surface area contributed by atoms with Gasteiger partial charge in [0.05, 0.1) is 6.10 Å². The van der Waals surface area contributed by atoms with Gasteiger partial charge < -0.3 is 15.4 Å². The van der Waals surface area contributed by atoms with Crippen LogP contribution in [0, 0.1) is 29.6 Å². The van der Waals surface area contributed by atoms with Crippen LogP contribution >= 0.6 is 0 Å². The summed E-state index contributed by atoms with van der Waals surface area (Å²) in [5.74, 6) is 4.79. The molecule has 1 aromatic carbocycles. The molecule has 0 aliphatic heterocycles. The molecule has 5 fully saturated rings. The van der Waals surface area contributed by atoms with Gasteiger partial charge in [-0.25, -0.2) is 0 Å². The number of carbonyl (C=O) groups excluding carboxylic acids is 2. The molecule has 5 aliphatic carbocycles. The molecule has 5 aliphatic rings. The summed E-state index contributed by atoms with van der Waals surface area (Å²) in [7, 11) is 0. The number of hydrogen-bond donors (Lipinski definition) is 2. The Morgan fingerprint density at radius 2 is 1.52 bits per heavy atom. The Balaban J connectivity index is 0.990. The first-order chi connectivity index (χ1) is 16.1. The largest absolute Gasteiger partial charge is 0.490 e. The molecule has 5 nitrogen and oxygen atoms in total. The molecule has 0 spiro atoms. The molecule has 5 atom stereocenters. The van der Waals surface area contributed by atoms with Gasteiger partial charge in [-0.3, -0.25) is 9.59 Å². The van der Waals surface area contributed by atoms with E-state index in [1.807, 2.05) is 24.3 Å². The first-order valence-electron chi connectivity index (χ1n) is 13.5. The summed E-state index contributed by atoms with van der Waals surface area (Å²) >= 11 is 0. The van der Waals surface area contributed by atoms with Crippen molar-refractivity contribution in [2.45, 2.75) is 95.2 Å². The summed E-state index contributed by atoms with van der Waals surface area (Å²) in [6.07, 6.45) is 14.2. The highest BCUT2D eigenvalue weighted by Gasteiger charge is 2.46. The smallest absolute Gasteiger partial charge is 0.251 e. The number of nitrogens with one attached hydrogen (secondary N) is 2. The number of ether oxygens (including phenoxy) is 1. The van der Waals surface area contributed by atoms with Crippen LogP contribution in [-0.4, -0.2) is 30.0 Å². The predicted octanol–water partition coefficient (Wildman–Crippen LogP) is 4.85. The molecule has 0 aromatic heterocycles. The van der Waals surface area contributed by atoms with E-state index in [-0.39, 0.29) is 23.8 Å².